The molecule has 0 amide bonds. The number of aliphatic hydroxyl groups is 1. The minimum atomic E-state index is -0.623. The molecule has 0 unspecified atom stereocenters. The van der Waals surface area contributed by atoms with Gasteiger partial charge in [0.05, 0.1) is 6.61 Å². The van der Waals surface area contributed by atoms with Crippen LogP contribution in [0.5, 0.6) is 0 Å². The van der Waals surface area contributed by atoms with Gasteiger partial charge >= 0.3 is 0 Å². The van der Waals surface area contributed by atoms with Crippen LogP contribution < -0.4 is 0 Å². The number of aliphatic hydroxyl groups excluding tert-OH is 1. The number of hydrogen-bond acceptors (Lipinski definition) is 2. The van der Waals surface area contributed by atoms with Gasteiger partial charge in [-0.15, -0.1) is 0 Å². The summed E-state index contributed by atoms with van der Waals surface area (Å²) in [5, 5.41) is 8.66. The van der Waals surface area contributed by atoms with E-state index in [0.29, 0.717) is 5.56 Å². The average Bonchev–Trinajstić information content (AvgIpc) is 2.80. The predicted octanol–water partition coefficient (Wildman–Crippen LogP) is 1.40. The minimum absolute atomic E-state index is 0.122. The Morgan fingerprint density at radius 3 is 2.31 bits per heavy atom. The SMILES string of the molecule is OC[C@@H]1O[C@@H]1c1cc(F)cc(F)c1. The zero-order chi connectivity index (χ0) is 9.42. The highest BCUT2D eigenvalue weighted by Gasteiger charge is 2.39. The first-order valence-corrected chi connectivity index (χ1v) is 3.93. The second-order valence-electron chi connectivity index (χ2n) is 2.98. The number of hydrogen-bond donors (Lipinski definition) is 1. The van der Waals surface area contributed by atoms with E-state index in [1.807, 2.05) is 0 Å². The second-order valence-corrected chi connectivity index (χ2v) is 2.98. The summed E-state index contributed by atoms with van der Waals surface area (Å²) in [6.07, 6.45) is -0.656. The van der Waals surface area contributed by atoms with Crippen molar-refractivity contribution >= 4 is 0 Å². The monoisotopic (exact) mass is 186 g/mol. The molecule has 1 aromatic rings. The van der Waals surface area contributed by atoms with Crippen LogP contribution in [0.15, 0.2) is 18.2 Å². The van der Waals surface area contributed by atoms with Gasteiger partial charge in [0, 0.05) is 6.07 Å². The summed E-state index contributed by atoms with van der Waals surface area (Å²) >= 11 is 0. The van der Waals surface area contributed by atoms with E-state index in [9.17, 15) is 8.78 Å². The fourth-order valence-electron chi connectivity index (χ4n) is 1.31. The predicted molar refractivity (Wildman–Crippen MR) is 41.1 cm³/mol. The normalized spacial score (nSPS) is 26.1. The number of halogens is 2. The fraction of sp³-hybridized carbons (Fsp3) is 0.333. The van der Waals surface area contributed by atoms with E-state index in [1.54, 1.807) is 0 Å². The number of benzene rings is 1. The first kappa shape index (κ1) is 8.59. The van der Waals surface area contributed by atoms with Crippen molar-refractivity contribution in [3.63, 3.8) is 0 Å². The molecule has 2 rings (SSSR count). The van der Waals surface area contributed by atoms with Gasteiger partial charge in [0.1, 0.15) is 23.8 Å². The summed E-state index contributed by atoms with van der Waals surface area (Å²) < 4.78 is 30.4. The van der Waals surface area contributed by atoms with Crippen LogP contribution >= 0.6 is 0 Å². The van der Waals surface area contributed by atoms with Crippen LogP contribution in [0.1, 0.15) is 11.7 Å². The van der Waals surface area contributed by atoms with Gasteiger partial charge in [-0.05, 0) is 17.7 Å². The summed E-state index contributed by atoms with van der Waals surface area (Å²) in [5.74, 6) is -1.25. The molecule has 13 heavy (non-hydrogen) atoms. The van der Waals surface area contributed by atoms with Gasteiger partial charge in [0.2, 0.25) is 0 Å². The lowest BCUT2D eigenvalue weighted by molar-refractivity contribution is 0.242. The summed E-state index contributed by atoms with van der Waals surface area (Å²) in [6, 6.07) is 3.23. The van der Waals surface area contributed by atoms with Gasteiger partial charge in [0.25, 0.3) is 0 Å². The fourth-order valence-corrected chi connectivity index (χ4v) is 1.31. The molecule has 1 heterocycles. The molecule has 0 saturated carbocycles. The Morgan fingerprint density at radius 2 is 1.85 bits per heavy atom. The van der Waals surface area contributed by atoms with Crippen molar-refractivity contribution in [3.8, 4) is 0 Å². The first-order valence-electron chi connectivity index (χ1n) is 3.93. The highest BCUT2D eigenvalue weighted by Crippen LogP contribution is 2.38. The Balaban J connectivity index is 2.22. The highest BCUT2D eigenvalue weighted by molar-refractivity contribution is 5.24. The van der Waals surface area contributed by atoms with Crippen molar-refractivity contribution in [3.05, 3.63) is 35.4 Å². The van der Waals surface area contributed by atoms with Crippen molar-refractivity contribution in [1.82, 2.24) is 0 Å². The molecular formula is C9H8F2O2. The Kier molecular flexibility index (Phi) is 2.01. The third kappa shape index (κ3) is 1.68. The minimum Gasteiger partial charge on any atom is -0.394 e. The van der Waals surface area contributed by atoms with E-state index >= 15 is 0 Å². The summed E-state index contributed by atoms with van der Waals surface area (Å²) in [6.45, 7) is -0.122. The molecule has 0 radical (unpaired) electrons. The van der Waals surface area contributed by atoms with Crippen LogP contribution in [0, 0.1) is 11.6 Å². The zero-order valence-corrected chi connectivity index (χ0v) is 6.71. The van der Waals surface area contributed by atoms with Crippen LogP contribution in [0.2, 0.25) is 0 Å². The van der Waals surface area contributed by atoms with Crippen LogP contribution in [-0.2, 0) is 4.74 Å². The molecule has 0 aromatic heterocycles. The number of epoxide rings is 1. The largest absolute Gasteiger partial charge is 0.394 e. The molecule has 2 atom stereocenters. The second kappa shape index (κ2) is 3.05. The van der Waals surface area contributed by atoms with Crippen LogP contribution in [0.4, 0.5) is 8.78 Å². The van der Waals surface area contributed by atoms with E-state index in [0.717, 1.165) is 6.07 Å². The lowest BCUT2D eigenvalue weighted by Gasteiger charge is -1.96. The van der Waals surface area contributed by atoms with Crippen LogP contribution in [0.25, 0.3) is 0 Å². The van der Waals surface area contributed by atoms with Crippen LogP contribution in [-0.4, -0.2) is 17.8 Å². The lowest BCUT2D eigenvalue weighted by Crippen LogP contribution is -1.95. The average molecular weight is 186 g/mol. The maximum Gasteiger partial charge on any atom is 0.126 e. The molecule has 0 spiro atoms. The molecule has 1 saturated heterocycles. The molecule has 1 aliphatic heterocycles. The van der Waals surface area contributed by atoms with Crippen molar-refractivity contribution in [1.29, 1.82) is 0 Å². The van der Waals surface area contributed by atoms with Crippen molar-refractivity contribution in [2.24, 2.45) is 0 Å². The summed E-state index contributed by atoms with van der Waals surface area (Å²) in [5.41, 5.74) is 0.441. The Hall–Kier alpha value is -1.00. The molecule has 70 valence electrons. The molecule has 1 aliphatic rings. The molecular weight excluding hydrogens is 178 g/mol. The van der Waals surface area contributed by atoms with E-state index in [1.165, 1.54) is 12.1 Å². The van der Waals surface area contributed by atoms with Gasteiger partial charge in [-0.2, -0.15) is 0 Å². The molecule has 0 bridgehead atoms. The van der Waals surface area contributed by atoms with Crippen LogP contribution in [0.3, 0.4) is 0 Å². The van der Waals surface area contributed by atoms with Crippen molar-refractivity contribution in [2.75, 3.05) is 6.61 Å². The maximum absolute atomic E-state index is 12.7. The molecule has 1 aromatic carbocycles. The van der Waals surface area contributed by atoms with Gasteiger partial charge in [0.15, 0.2) is 0 Å². The Bertz CT molecular complexity index is 307. The van der Waals surface area contributed by atoms with Gasteiger partial charge in [-0.3, -0.25) is 0 Å². The van der Waals surface area contributed by atoms with E-state index in [-0.39, 0.29) is 18.8 Å². The molecule has 4 heteroatoms. The van der Waals surface area contributed by atoms with Crippen molar-refractivity contribution in [2.45, 2.75) is 12.2 Å². The third-order valence-electron chi connectivity index (χ3n) is 1.98. The van der Waals surface area contributed by atoms with E-state index in [2.05, 4.69) is 0 Å². The quantitative estimate of drug-likeness (QED) is 0.708. The van der Waals surface area contributed by atoms with Crippen molar-refractivity contribution < 1.29 is 18.6 Å². The number of rotatable bonds is 2. The number of ether oxygens (including phenoxy) is 1. The highest BCUT2D eigenvalue weighted by atomic mass is 19.1. The Morgan fingerprint density at radius 1 is 1.23 bits per heavy atom. The lowest BCUT2D eigenvalue weighted by atomic mass is 10.1. The molecule has 1 fully saturated rings. The topological polar surface area (TPSA) is 32.8 Å². The first-order chi connectivity index (χ1) is 6.20. The smallest absolute Gasteiger partial charge is 0.126 e. The summed E-state index contributed by atoms with van der Waals surface area (Å²) in [7, 11) is 0. The van der Waals surface area contributed by atoms with E-state index < -0.39 is 11.6 Å². The van der Waals surface area contributed by atoms with Gasteiger partial charge in [-0.25, -0.2) is 8.78 Å². The molecule has 2 nitrogen and oxygen atoms in total. The molecule has 1 N–H and O–H groups in total. The van der Waals surface area contributed by atoms with E-state index in [4.69, 9.17) is 9.84 Å². The zero-order valence-electron chi connectivity index (χ0n) is 6.71. The Labute approximate surface area is 73.8 Å². The summed E-state index contributed by atoms with van der Waals surface area (Å²) in [4.78, 5) is 0. The van der Waals surface area contributed by atoms with Gasteiger partial charge in [-0.1, -0.05) is 0 Å². The standard InChI is InChI=1S/C9H8F2O2/c10-6-1-5(2-7(11)3-6)9-8(4-12)13-9/h1-3,8-9,12H,4H2/t8-,9+/m0/s1. The maximum atomic E-state index is 12.7. The third-order valence-corrected chi connectivity index (χ3v) is 1.98. The molecule has 0 aliphatic carbocycles. The van der Waals surface area contributed by atoms with Gasteiger partial charge < -0.3 is 9.84 Å².